The van der Waals surface area contributed by atoms with Crippen molar-refractivity contribution in [3.63, 3.8) is 0 Å². The molecule has 2 aliphatic rings. The summed E-state index contributed by atoms with van der Waals surface area (Å²) in [5, 5.41) is 72.2. The zero-order valence-corrected chi connectivity index (χ0v) is 42.6. The zero-order valence-electron chi connectivity index (χ0n) is 42.6. The first-order valence-electron chi connectivity index (χ1n) is 27.4. The lowest BCUT2D eigenvalue weighted by molar-refractivity contribution is -0.332. The van der Waals surface area contributed by atoms with E-state index in [1.807, 2.05) is 0 Å². The Morgan fingerprint density at radius 3 is 1.37 bits per heavy atom. The van der Waals surface area contributed by atoms with E-state index >= 15 is 0 Å². The standard InChI is InChI=1S/C54H100O14/c1-3-5-7-9-11-13-15-17-18-19-20-21-22-23-24-25-27-29-31-33-35-37-46(56)66-43(40-63-38-36-34-32-30-28-26-16-14-12-10-8-6-4-2)41-64-53-52(62)50(60)48(58)45(68-53)42-65-54-51(61)49(59)47(57)44(39-55)67-54/h12,14,19-20,43-45,47-55,57-62H,3-11,13,15-18,21-42H2,1-2H3/b14-12-,20-19-. The number of hydrogen-bond acceptors (Lipinski definition) is 14. The molecule has 0 radical (unpaired) electrons. The number of unbranched alkanes of at least 4 members (excludes halogenated alkanes) is 26. The number of carbonyl (C=O) groups is 1. The molecule has 0 aromatic heterocycles. The fourth-order valence-electron chi connectivity index (χ4n) is 8.69. The quantitative estimate of drug-likeness (QED) is 0.0173. The highest BCUT2D eigenvalue weighted by Crippen LogP contribution is 2.26. The first-order valence-corrected chi connectivity index (χ1v) is 27.4. The molecule has 0 aromatic carbocycles. The van der Waals surface area contributed by atoms with Crippen molar-refractivity contribution in [1.82, 2.24) is 0 Å². The molecule has 0 aliphatic carbocycles. The predicted octanol–water partition coefficient (Wildman–Crippen LogP) is 8.80. The van der Waals surface area contributed by atoms with Crippen LogP contribution in [0.15, 0.2) is 24.3 Å². The van der Waals surface area contributed by atoms with Gasteiger partial charge in [0.05, 0.1) is 26.4 Å². The van der Waals surface area contributed by atoms with Crippen LogP contribution < -0.4 is 0 Å². The number of aliphatic hydroxyl groups excluding tert-OH is 7. The van der Waals surface area contributed by atoms with Crippen molar-refractivity contribution in [2.24, 2.45) is 0 Å². The van der Waals surface area contributed by atoms with E-state index in [0.717, 1.165) is 44.9 Å². The van der Waals surface area contributed by atoms with Gasteiger partial charge in [-0.05, 0) is 64.2 Å². The largest absolute Gasteiger partial charge is 0.457 e. The van der Waals surface area contributed by atoms with Crippen LogP contribution in [0.3, 0.4) is 0 Å². The van der Waals surface area contributed by atoms with Gasteiger partial charge in [0.2, 0.25) is 0 Å². The average Bonchev–Trinajstić information content (AvgIpc) is 3.33. The Kier molecular flexibility index (Phi) is 38.7. The molecule has 11 unspecified atom stereocenters. The fourth-order valence-corrected chi connectivity index (χ4v) is 8.69. The van der Waals surface area contributed by atoms with Crippen LogP contribution in [0.4, 0.5) is 0 Å². The molecular formula is C54H100O14. The Morgan fingerprint density at radius 1 is 0.471 bits per heavy atom. The van der Waals surface area contributed by atoms with Gasteiger partial charge in [0.15, 0.2) is 12.6 Å². The topological polar surface area (TPSA) is 214 Å². The Bertz CT molecular complexity index is 1220. The third kappa shape index (κ3) is 29.1. The summed E-state index contributed by atoms with van der Waals surface area (Å²) in [6.07, 6.45) is 29.5. The summed E-state index contributed by atoms with van der Waals surface area (Å²) in [6, 6.07) is 0. The van der Waals surface area contributed by atoms with Gasteiger partial charge >= 0.3 is 5.97 Å². The van der Waals surface area contributed by atoms with Crippen molar-refractivity contribution < 1.29 is 69.0 Å². The van der Waals surface area contributed by atoms with E-state index in [4.69, 9.17) is 28.4 Å². The summed E-state index contributed by atoms with van der Waals surface area (Å²) in [4.78, 5) is 13.0. The van der Waals surface area contributed by atoms with Gasteiger partial charge in [0.25, 0.3) is 0 Å². The third-order valence-corrected chi connectivity index (χ3v) is 13.2. The molecule has 2 aliphatic heterocycles. The van der Waals surface area contributed by atoms with Gasteiger partial charge in [-0.1, -0.05) is 167 Å². The molecule has 2 fully saturated rings. The predicted molar refractivity (Wildman–Crippen MR) is 266 cm³/mol. The highest BCUT2D eigenvalue weighted by Gasteiger charge is 2.47. The number of allylic oxidation sites excluding steroid dienone is 4. The van der Waals surface area contributed by atoms with E-state index < -0.39 is 80.7 Å². The number of hydrogen-bond donors (Lipinski definition) is 7. The molecular weight excluding hydrogens is 873 g/mol. The maximum Gasteiger partial charge on any atom is 0.306 e. The van der Waals surface area contributed by atoms with Gasteiger partial charge in [0.1, 0.15) is 54.9 Å². The molecule has 0 saturated carbocycles. The third-order valence-electron chi connectivity index (χ3n) is 13.2. The zero-order chi connectivity index (χ0) is 49.5. The van der Waals surface area contributed by atoms with Crippen molar-refractivity contribution >= 4 is 5.97 Å². The fraction of sp³-hybridized carbons (Fsp3) is 0.907. The van der Waals surface area contributed by atoms with Crippen molar-refractivity contribution in [1.29, 1.82) is 0 Å². The van der Waals surface area contributed by atoms with Gasteiger partial charge in [-0.15, -0.1) is 0 Å². The molecule has 2 heterocycles. The van der Waals surface area contributed by atoms with E-state index in [1.165, 1.54) is 141 Å². The molecule has 400 valence electrons. The van der Waals surface area contributed by atoms with Crippen LogP contribution in [0, 0.1) is 0 Å². The lowest BCUT2D eigenvalue weighted by atomic mass is 9.98. The molecule has 14 nitrogen and oxygen atoms in total. The van der Waals surface area contributed by atoms with Crippen molar-refractivity contribution in [3.8, 4) is 0 Å². The maximum absolute atomic E-state index is 13.0. The second-order valence-electron chi connectivity index (χ2n) is 19.4. The summed E-state index contributed by atoms with van der Waals surface area (Å²) < 4.78 is 34.3. The smallest absolute Gasteiger partial charge is 0.306 e. The van der Waals surface area contributed by atoms with Crippen LogP contribution in [-0.2, 0) is 33.2 Å². The summed E-state index contributed by atoms with van der Waals surface area (Å²) in [7, 11) is 0. The van der Waals surface area contributed by atoms with E-state index in [9.17, 15) is 40.5 Å². The lowest BCUT2D eigenvalue weighted by Crippen LogP contribution is -2.61. The van der Waals surface area contributed by atoms with Crippen LogP contribution in [0.25, 0.3) is 0 Å². The number of rotatable bonds is 44. The van der Waals surface area contributed by atoms with Crippen LogP contribution in [0.1, 0.15) is 213 Å². The molecule has 0 spiro atoms. The molecule has 7 N–H and O–H groups in total. The molecule has 0 amide bonds. The number of aliphatic hydroxyl groups is 7. The van der Waals surface area contributed by atoms with Crippen LogP contribution >= 0.6 is 0 Å². The van der Waals surface area contributed by atoms with Crippen molar-refractivity contribution in [3.05, 3.63) is 24.3 Å². The number of ether oxygens (including phenoxy) is 6. The normalized spacial score (nSPS) is 26.0. The maximum atomic E-state index is 13.0. The van der Waals surface area contributed by atoms with E-state index in [0.29, 0.717) is 13.0 Å². The van der Waals surface area contributed by atoms with Crippen LogP contribution in [-0.4, -0.2) is 142 Å². The molecule has 0 aromatic rings. The Labute approximate surface area is 411 Å². The summed E-state index contributed by atoms with van der Waals surface area (Å²) in [5.41, 5.74) is 0. The SMILES string of the molecule is CCCCC/C=C\CCCCCCCCOCC(COC1OC(COC2OC(CO)C(O)C(O)C2O)C(O)C(O)C1O)OC(=O)CCCCCCCCCCC/C=C\CCCCCCCCCC. The van der Waals surface area contributed by atoms with Gasteiger partial charge < -0.3 is 64.2 Å². The van der Waals surface area contributed by atoms with E-state index in [-0.39, 0.29) is 25.6 Å². The Hall–Kier alpha value is -1.53. The highest BCUT2D eigenvalue weighted by atomic mass is 16.7. The highest BCUT2D eigenvalue weighted by molar-refractivity contribution is 5.69. The monoisotopic (exact) mass is 973 g/mol. The second-order valence-corrected chi connectivity index (χ2v) is 19.4. The average molecular weight is 973 g/mol. The minimum atomic E-state index is -1.71. The first kappa shape index (κ1) is 62.6. The lowest BCUT2D eigenvalue weighted by Gasteiger charge is -2.42. The molecule has 2 saturated heterocycles. The number of carbonyl (C=O) groups excluding carboxylic acids is 1. The van der Waals surface area contributed by atoms with Gasteiger partial charge in [-0.3, -0.25) is 4.79 Å². The Morgan fingerprint density at radius 2 is 0.868 bits per heavy atom. The summed E-state index contributed by atoms with van der Waals surface area (Å²) in [6.45, 7) is 3.67. The minimum absolute atomic E-state index is 0.0591. The summed E-state index contributed by atoms with van der Waals surface area (Å²) >= 11 is 0. The summed E-state index contributed by atoms with van der Waals surface area (Å²) in [5.74, 6) is -0.378. The first-order chi connectivity index (χ1) is 33.1. The van der Waals surface area contributed by atoms with Crippen molar-refractivity contribution in [2.45, 2.75) is 280 Å². The van der Waals surface area contributed by atoms with Crippen LogP contribution in [0.2, 0.25) is 0 Å². The molecule has 14 heteroatoms. The molecule has 2 rings (SSSR count). The van der Waals surface area contributed by atoms with E-state index in [1.54, 1.807) is 0 Å². The second kappa shape index (κ2) is 42.0. The molecule has 68 heavy (non-hydrogen) atoms. The minimum Gasteiger partial charge on any atom is -0.457 e. The van der Waals surface area contributed by atoms with Gasteiger partial charge in [0, 0.05) is 13.0 Å². The van der Waals surface area contributed by atoms with E-state index in [2.05, 4.69) is 38.2 Å². The van der Waals surface area contributed by atoms with Crippen LogP contribution in [0.5, 0.6) is 0 Å². The van der Waals surface area contributed by atoms with Gasteiger partial charge in [-0.25, -0.2) is 0 Å². The molecule has 11 atom stereocenters. The molecule has 0 bridgehead atoms. The Balaban J connectivity index is 1.72. The number of esters is 1. The van der Waals surface area contributed by atoms with Crippen molar-refractivity contribution in [2.75, 3.05) is 33.0 Å². The van der Waals surface area contributed by atoms with Gasteiger partial charge in [-0.2, -0.15) is 0 Å².